The van der Waals surface area contributed by atoms with Crippen molar-refractivity contribution >= 4 is 17.9 Å². The molecule has 1 heterocycles. The summed E-state index contributed by atoms with van der Waals surface area (Å²) in [5, 5.41) is 2.57. The van der Waals surface area contributed by atoms with Crippen LogP contribution in [-0.4, -0.2) is 42.6 Å². The van der Waals surface area contributed by atoms with E-state index < -0.39 is 30.1 Å². The van der Waals surface area contributed by atoms with E-state index in [2.05, 4.69) is 10.1 Å². The third-order valence-corrected chi connectivity index (χ3v) is 3.94. The Balaban J connectivity index is 2.07. The minimum absolute atomic E-state index is 0.0559. The van der Waals surface area contributed by atoms with Gasteiger partial charge in [0.15, 0.2) is 0 Å². The molecule has 0 radical (unpaired) electrons. The van der Waals surface area contributed by atoms with Crippen LogP contribution in [-0.2, 0) is 19.9 Å². The second-order valence-electron chi connectivity index (χ2n) is 5.89. The summed E-state index contributed by atoms with van der Waals surface area (Å²) >= 11 is 0. The van der Waals surface area contributed by atoms with Gasteiger partial charge in [-0.15, -0.1) is 0 Å². The monoisotopic (exact) mass is 370 g/mol. The number of ether oxygens (including phenoxy) is 2. The molecule has 1 aromatic rings. The number of esters is 1. The predicted octanol–water partition coefficient (Wildman–Crippen LogP) is 2.40. The highest BCUT2D eigenvalue weighted by Gasteiger charge is 2.48. The molecule has 0 aromatic heterocycles. The number of hydrogen-bond acceptors (Lipinski definition) is 5. The summed E-state index contributed by atoms with van der Waals surface area (Å²) in [6, 6.07) is 4.80. The number of nitrogens with one attached hydrogen (secondary N) is 1. The highest BCUT2D eigenvalue weighted by molar-refractivity contribution is 6.07. The molecule has 0 bridgehead atoms. The zero-order valence-corrected chi connectivity index (χ0v) is 14.5. The summed E-state index contributed by atoms with van der Waals surface area (Å²) < 4.78 is 33.6. The summed E-state index contributed by atoms with van der Waals surface area (Å²) in [6.07, 6.45) is 0.578. The molecule has 0 unspecified atom stereocenters. The number of urea groups is 1. The average Bonchev–Trinajstić information content (AvgIpc) is 2.81. The molecule has 2 rings (SSSR count). The van der Waals surface area contributed by atoms with E-state index in [1.54, 1.807) is 0 Å². The molecule has 1 aromatic carbocycles. The quantitative estimate of drug-likeness (QED) is 0.561. The van der Waals surface area contributed by atoms with Crippen LogP contribution in [0.1, 0.15) is 32.3 Å². The van der Waals surface area contributed by atoms with Crippen LogP contribution in [0.15, 0.2) is 24.3 Å². The maximum Gasteiger partial charge on any atom is 0.387 e. The highest BCUT2D eigenvalue weighted by Crippen LogP contribution is 2.30. The first-order valence-electron chi connectivity index (χ1n) is 8.13. The Labute approximate surface area is 149 Å². The number of carbonyl (C=O) groups is 3. The van der Waals surface area contributed by atoms with Crippen molar-refractivity contribution in [3.63, 3.8) is 0 Å². The Hall–Kier alpha value is -2.71. The fourth-order valence-corrected chi connectivity index (χ4v) is 2.56. The van der Waals surface area contributed by atoms with Crippen molar-refractivity contribution in [1.29, 1.82) is 0 Å². The molecule has 1 atom stereocenters. The van der Waals surface area contributed by atoms with Gasteiger partial charge in [-0.25, -0.2) is 4.79 Å². The average molecular weight is 370 g/mol. The fraction of sp³-hybridized carbons (Fsp3) is 0.471. The second-order valence-corrected chi connectivity index (χ2v) is 5.89. The van der Waals surface area contributed by atoms with Gasteiger partial charge < -0.3 is 14.8 Å². The van der Waals surface area contributed by atoms with E-state index >= 15 is 0 Å². The molecule has 0 spiro atoms. The maximum atomic E-state index is 12.7. The number of hydrogen-bond donors (Lipinski definition) is 1. The van der Waals surface area contributed by atoms with Gasteiger partial charge in [-0.05, 0) is 31.0 Å². The number of amides is 3. The summed E-state index contributed by atoms with van der Waals surface area (Å²) in [6.45, 7) is 0.589. The molecule has 0 aliphatic carbocycles. The lowest BCUT2D eigenvalue weighted by molar-refractivity contribution is -0.144. The molecule has 1 aliphatic rings. The van der Waals surface area contributed by atoms with Gasteiger partial charge in [-0.2, -0.15) is 8.78 Å². The lowest BCUT2D eigenvalue weighted by Crippen LogP contribution is -2.41. The van der Waals surface area contributed by atoms with Crippen LogP contribution in [0.25, 0.3) is 0 Å². The van der Waals surface area contributed by atoms with Crippen LogP contribution in [0.4, 0.5) is 13.6 Å². The number of rotatable bonds is 8. The van der Waals surface area contributed by atoms with E-state index in [0.29, 0.717) is 12.0 Å². The summed E-state index contributed by atoms with van der Waals surface area (Å²) in [4.78, 5) is 37.3. The fourth-order valence-electron chi connectivity index (χ4n) is 2.56. The molecule has 3 amide bonds. The third-order valence-electron chi connectivity index (χ3n) is 3.94. The molecule has 1 fully saturated rings. The topological polar surface area (TPSA) is 84.9 Å². The summed E-state index contributed by atoms with van der Waals surface area (Å²) in [7, 11) is 0. The zero-order chi connectivity index (χ0) is 19.3. The molecule has 1 aliphatic heterocycles. The first-order valence-corrected chi connectivity index (χ1v) is 8.13. The van der Waals surface area contributed by atoms with E-state index in [1.165, 1.54) is 31.2 Å². The zero-order valence-electron chi connectivity index (χ0n) is 14.5. The summed E-state index contributed by atoms with van der Waals surface area (Å²) in [5.41, 5.74) is -0.943. The van der Waals surface area contributed by atoms with Gasteiger partial charge in [0, 0.05) is 6.54 Å². The molecular weight excluding hydrogens is 350 g/mol. The van der Waals surface area contributed by atoms with Gasteiger partial charge in [0.2, 0.25) is 0 Å². The van der Waals surface area contributed by atoms with E-state index in [4.69, 9.17) is 4.74 Å². The first kappa shape index (κ1) is 19.6. The van der Waals surface area contributed by atoms with Crippen LogP contribution in [0.2, 0.25) is 0 Å². The molecule has 7 nitrogen and oxygen atoms in total. The minimum atomic E-state index is -2.95. The Bertz CT molecular complexity index is 680. The van der Waals surface area contributed by atoms with Gasteiger partial charge >= 0.3 is 18.6 Å². The van der Waals surface area contributed by atoms with E-state index in [0.717, 1.165) is 4.90 Å². The lowest BCUT2D eigenvalue weighted by Gasteiger charge is -2.22. The van der Waals surface area contributed by atoms with E-state index in [1.807, 2.05) is 6.92 Å². The van der Waals surface area contributed by atoms with Crippen LogP contribution in [0, 0.1) is 0 Å². The predicted molar refractivity (Wildman–Crippen MR) is 86.5 cm³/mol. The number of benzene rings is 1. The molecular formula is C17H20F2N2O5. The van der Waals surface area contributed by atoms with Gasteiger partial charge in [0.25, 0.3) is 5.91 Å². The molecule has 142 valence electrons. The van der Waals surface area contributed by atoms with Crippen molar-refractivity contribution in [3.05, 3.63) is 29.8 Å². The van der Waals surface area contributed by atoms with Gasteiger partial charge in [-0.1, -0.05) is 19.1 Å². The maximum absolute atomic E-state index is 12.7. The smallest absolute Gasteiger partial charge is 0.387 e. The molecule has 0 saturated carbocycles. The minimum Gasteiger partial charge on any atom is -0.466 e. The van der Waals surface area contributed by atoms with Crippen molar-refractivity contribution in [2.45, 2.75) is 38.8 Å². The van der Waals surface area contributed by atoms with Crippen LogP contribution < -0.4 is 10.1 Å². The Morgan fingerprint density at radius 3 is 2.50 bits per heavy atom. The van der Waals surface area contributed by atoms with Gasteiger partial charge in [0.1, 0.15) is 11.3 Å². The van der Waals surface area contributed by atoms with Crippen LogP contribution >= 0.6 is 0 Å². The Kier molecular flexibility index (Phi) is 6.12. The number of halogens is 2. The Morgan fingerprint density at radius 2 is 1.92 bits per heavy atom. The molecule has 26 heavy (non-hydrogen) atoms. The molecule has 1 saturated heterocycles. The van der Waals surface area contributed by atoms with Crippen LogP contribution in [0.5, 0.6) is 5.75 Å². The van der Waals surface area contributed by atoms with Crippen molar-refractivity contribution in [2.24, 2.45) is 0 Å². The molecule has 1 N–H and O–H groups in total. The van der Waals surface area contributed by atoms with E-state index in [9.17, 15) is 23.2 Å². The van der Waals surface area contributed by atoms with Gasteiger partial charge in [-0.3, -0.25) is 14.5 Å². The summed E-state index contributed by atoms with van der Waals surface area (Å²) in [5.74, 6) is -1.08. The standard InChI is InChI=1S/C17H20F2N2O5/c1-3-10-25-13(22)8-9-21-14(23)17(2,20-16(21)24)11-4-6-12(7-5-11)26-15(18)19/h4-7,15H,3,8-10H2,1-2H3,(H,20,24)/t17-/m1/s1. The SMILES string of the molecule is CCCOC(=O)CCN1C(=O)N[C@](C)(c2ccc(OC(F)F)cc2)C1=O. The number of alkyl halides is 2. The highest BCUT2D eigenvalue weighted by atomic mass is 19.3. The second kappa shape index (κ2) is 8.11. The van der Waals surface area contributed by atoms with Crippen molar-refractivity contribution in [1.82, 2.24) is 10.2 Å². The number of nitrogens with zero attached hydrogens (tertiary/aromatic N) is 1. The molecule has 9 heteroatoms. The number of imide groups is 1. The largest absolute Gasteiger partial charge is 0.466 e. The first-order chi connectivity index (χ1) is 12.3. The van der Waals surface area contributed by atoms with Crippen molar-refractivity contribution < 1.29 is 32.6 Å². The van der Waals surface area contributed by atoms with Crippen molar-refractivity contribution in [2.75, 3.05) is 13.2 Å². The van der Waals surface area contributed by atoms with Gasteiger partial charge in [0.05, 0.1) is 13.0 Å². The normalized spacial score (nSPS) is 19.7. The van der Waals surface area contributed by atoms with Crippen LogP contribution in [0.3, 0.4) is 0 Å². The lowest BCUT2D eigenvalue weighted by atomic mass is 9.92. The van der Waals surface area contributed by atoms with Crippen molar-refractivity contribution in [3.8, 4) is 5.75 Å². The number of carbonyl (C=O) groups excluding carboxylic acids is 3. The van der Waals surface area contributed by atoms with E-state index in [-0.39, 0.29) is 25.3 Å². The Morgan fingerprint density at radius 1 is 1.27 bits per heavy atom. The third kappa shape index (κ3) is 4.27.